The average Bonchev–Trinajstić information content (AvgIpc) is 2.79. The van der Waals surface area contributed by atoms with Gasteiger partial charge in [-0.15, -0.1) is 0 Å². The molecule has 0 aliphatic carbocycles. The molecular weight excluding hydrogens is 441 g/mol. The average molecular weight is 468 g/mol. The van der Waals surface area contributed by atoms with Gasteiger partial charge < -0.3 is 10.1 Å². The van der Waals surface area contributed by atoms with Crippen LogP contribution in [-0.2, 0) is 4.79 Å². The van der Waals surface area contributed by atoms with Crippen LogP contribution in [0.25, 0.3) is 11.1 Å². The second-order valence-electron chi connectivity index (χ2n) is 7.78. The number of methoxy groups -OCH3 is 1. The summed E-state index contributed by atoms with van der Waals surface area (Å²) in [5.74, 6) is 0.705. The molecule has 3 aromatic carbocycles. The normalized spacial score (nSPS) is 11.8. The number of anilines is 1. The fourth-order valence-corrected chi connectivity index (χ4v) is 4.04. The third-order valence-corrected chi connectivity index (χ3v) is 5.80. The Labute approximate surface area is 200 Å². The minimum atomic E-state index is -0.0804. The maximum atomic E-state index is 12.1. The van der Waals surface area contributed by atoms with Crippen molar-refractivity contribution >= 4 is 45.9 Å². The van der Waals surface area contributed by atoms with Gasteiger partial charge in [0.1, 0.15) is 5.75 Å². The first-order chi connectivity index (χ1) is 15.3. The standard InChI is InChI=1S/C27H27Cl2NO2/c1-5-23(24-15-10-20(28)16-25(24)29)26(19-8-13-22(32-4)14-9-19)18-6-11-21(12-7-18)30-27(31)17(2)3/h6-17H,5H2,1-4H3,(H,30,31)/b26-23+. The molecule has 3 aromatic rings. The summed E-state index contributed by atoms with van der Waals surface area (Å²) < 4.78 is 5.34. The van der Waals surface area contributed by atoms with Crippen LogP contribution in [0.4, 0.5) is 5.69 Å². The maximum Gasteiger partial charge on any atom is 0.226 e. The predicted octanol–water partition coefficient (Wildman–Crippen LogP) is 7.97. The Morgan fingerprint density at radius 1 is 0.938 bits per heavy atom. The van der Waals surface area contributed by atoms with E-state index in [9.17, 15) is 4.79 Å². The molecule has 5 heteroatoms. The summed E-state index contributed by atoms with van der Waals surface area (Å²) in [7, 11) is 1.65. The summed E-state index contributed by atoms with van der Waals surface area (Å²) in [4.78, 5) is 12.1. The molecule has 0 aliphatic rings. The first-order valence-electron chi connectivity index (χ1n) is 10.6. The lowest BCUT2D eigenvalue weighted by Gasteiger charge is -2.18. The summed E-state index contributed by atoms with van der Waals surface area (Å²) in [5.41, 5.74) is 5.97. The Morgan fingerprint density at radius 3 is 2.03 bits per heavy atom. The molecule has 0 aliphatic heterocycles. The van der Waals surface area contributed by atoms with Crippen LogP contribution in [0, 0.1) is 5.92 Å². The second kappa shape index (κ2) is 10.7. The predicted molar refractivity (Wildman–Crippen MR) is 136 cm³/mol. The van der Waals surface area contributed by atoms with E-state index >= 15 is 0 Å². The van der Waals surface area contributed by atoms with Crippen molar-refractivity contribution in [2.45, 2.75) is 27.2 Å². The Balaban J connectivity index is 2.16. The van der Waals surface area contributed by atoms with Gasteiger partial charge >= 0.3 is 0 Å². The van der Waals surface area contributed by atoms with Gasteiger partial charge in [0.05, 0.1) is 7.11 Å². The number of ether oxygens (including phenoxy) is 1. The van der Waals surface area contributed by atoms with Gasteiger partial charge in [0.15, 0.2) is 0 Å². The number of amides is 1. The lowest BCUT2D eigenvalue weighted by molar-refractivity contribution is -0.118. The molecule has 0 bridgehead atoms. The molecule has 0 radical (unpaired) electrons. The number of carbonyl (C=O) groups excluding carboxylic acids is 1. The highest BCUT2D eigenvalue weighted by atomic mass is 35.5. The highest BCUT2D eigenvalue weighted by Gasteiger charge is 2.16. The molecule has 0 saturated carbocycles. The summed E-state index contributed by atoms with van der Waals surface area (Å²) >= 11 is 12.7. The van der Waals surface area contributed by atoms with Crippen LogP contribution in [0.5, 0.6) is 5.75 Å². The van der Waals surface area contributed by atoms with Crippen molar-refractivity contribution in [1.29, 1.82) is 0 Å². The molecule has 32 heavy (non-hydrogen) atoms. The number of allylic oxidation sites excluding steroid dienone is 1. The Kier molecular flexibility index (Phi) is 8.00. The first-order valence-corrected chi connectivity index (χ1v) is 11.3. The number of nitrogens with one attached hydrogen (secondary N) is 1. The van der Waals surface area contributed by atoms with Crippen molar-refractivity contribution in [3.05, 3.63) is 93.5 Å². The van der Waals surface area contributed by atoms with Crippen molar-refractivity contribution < 1.29 is 9.53 Å². The molecular formula is C27H27Cl2NO2. The summed E-state index contributed by atoms with van der Waals surface area (Å²) in [5, 5.41) is 4.16. The fraction of sp³-hybridized carbons (Fsp3) is 0.222. The van der Waals surface area contributed by atoms with Crippen LogP contribution in [0.15, 0.2) is 66.7 Å². The third kappa shape index (κ3) is 5.53. The van der Waals surface area contributed by atoms with E-state index in [-0.39, 0.29) is 11.8 Å². The lowest BCUT2D eigenvalue weighted by Crippen LogP contribution is -2.17. The highest BCUT2D eigenvalue weighted by molar-refractivity contribution is 6.36. The van der Waals surface area contributed by atoms with E-state index in [0.29, 0.717) is 10.0 Å². The van der Waals surface area contributed by atoms with Gasteiger partial charge in [-0.1, -0.05) is 74.3 Å². The van der Waals surface area contributed by atoms with Crippen molar-refractivity contribution in [2.24, 2.45) is 5.92 Å². The van der Waals surface area contributed by atoms with Gasteiger partial charge in [-0.2, -0.15) is 0 Å². The Hall–Kier alpha value is -2.75. The van der Waals surface area contributed by atoms with Crippen LogP contribution in [0.1, 0.15) is 43.9 Å². The van der Waals surface area contributed by atoms with Crippen LogP contribution in [0.3, 0.4) is 0 Å². The van der Waals surface area contributed by atoms with E-state index in [1.807, 2.05) is 74.5 Å². The number of halogens is 2. The van der Waals surface area contributed by atoms with Gasteiger partial charge in [0.2, 0.25) is 5.91 Å². The van der Waals surface area contributed by atoms with Crippen molar-refractivity contribution in [1.82, 2.24) is 0 Å². The van der Waals surface area contributed by atoms with E-state index in [4.69, 9.17) is 27.9 Å². The zero-order valence-corrected chi connectivity index (χ0v) is 20.2. The molecule has 0 unspecified atom stereocenters. The van der Waals surface area contributed by atoms with Crippen molar-refractivity contribution in [3.8, 4) is 5.75 Å². The topological polar surface area (TPSA) is 38.3 Å². The minimum Gasteiger partial charge on any atom is -0.497 e. The monoisotopic (exact) mass is 467 g/mol. The van der Waals surface area contributed by atoms with Crippen molar-refractivity contribution in [2.75, 3.05) is 12.4 Å². The number of rotatable bonds is 7. The second-order valence-corrected chi connectivity index (χ2v) is 8.62. The highest BCUT2D eigenvalue weighted by Crippen LogP contribution is 2.38. The van der Waals surface area contributed by atoms with Crippen LogP contribution < -0.4 is 10.1 Å². The zero-order valence-electron chi connectivity index (χ0n) is 18.7. The van der Waals surface area contributed by atoms with E-state index in [1.165, 1.54) is 0 Å². The summed E-state index contributed by atoms with van der Waals surface area (Å²) in [6, 6.07) is 21.5. The molecule has 0 heterocycles. The van der Waals surface area contributed by atoms with E-state index < -0.39 is 0 Å². The Morgan fingerprint density at radius 2 is 1.53 bits per heavy atom. The van der Waals surface area contributed by atoms with Crippen LogP contribution in [-0.4, -0.2) is 13.0 Å². The van der Waals surface area contributed by atoms with Gasteiger partial charge in [-0.25, -0.2) is 0 Å². The van der Waals surface area contributed by atoms with E-state index in [0.717, 1.165) is 45.7 Å². The molecule has 0 atom stereocenters. The molecule has 1 amide bonds. The molecule has 0 aromatic heterocycles. The van der Waals surface area contributed by atoms with Gasteiger partial charge in [0.25, 0.3) is 0 Å². The molecule has 166 valence electrons. The SMILES string of the molecule is CC/C(=C(/c1ccc(NC(=O)C(C)C)cc1)c1ccc(OC)cc1)c1ccc(Cl)cc1Cl. The number of hydrogen-bond donors (Lipinski definition) is 1. The quantitative estimate of drug-likeness (QED) is 0.357. The number of hydrogen-bond acceptors (Lipinski definition) is 2. The molecule has 1 N–H and O–H groups in total. The number of carbonyl (C=O) groups is 1. The van der Waals surface area contributed by atoms with Gasteiger partial charge in [-0.05, 0) is 70.7 Å². The summed E-state index contributed by atoms with van der Waals surface area (Å²) in [6.07, 6.45) is 0.772. The molecule has 3 rings (SSSR count). The zero-order chi connectivity index (χ0) is 23.3. The largest absolute Gasteiger partial charge is 0.497 e. The molecule has 0 spiro atoms. The lowest BCUT2D eigenvalue weighted by atomic mass is 9.88. The molecule has 3 nitrogen and oxygen atoms in total. The fourth-order valence-electron chi connectivity index (χ4n) is 3.52. The smallest absolute Gasteiger partial charge is 0.226 e. The number of benzene rings is 3. The van der Waals surface area contributed by atoms with Crippen LogP contribution in [0.2, 0.25) is 10.0 Å². The minimum absolute atomic E-state index is 0.00846. The molecule has 0 fully saturated rings. The van der Waals surface area contributed by atoms with E-state index in [2.05, 4.69) is 12.2 Å². The van der Waals surface area contributed by atoms with Crippen LogP contribution >= 0.6 is 23.2 Å². The van der Waals surface area contributed by atoms with Gasteiger partial charge in [-0.3, -0.25) is 4.79 Å². The third-order valence-electron chi connectivity index (χ3n) is 5.26. The van der Waals surface area contributed by atoms with Gasteiger partial charge in [0, 0.05) is 21.7 Å². The first kappa shape index (κ1) is 23.9. The maximum absolute atomic E-state index is 12.1. The Bertz CT molecular complexity index is 1120. The van der Waals surface area contributed by atoms with Crippen molar-refractivity contribution in [3.63, 3.8) is 0 Å². The molecule has 0 saturated heterocycles. The summed E-state index contributed by atoms with van der Waals surface area (Å²) in [6.45, 7) is 5.86. The van der Waals surface area contributed by atoms with E-state index in [1.54, 1.807) is 13.2 Å².